The van der Waals surface area contributed by atoms with Gasteiger partial charge in [-0.25, -0.2) is 0 Å². The van der Waals surface area contributed by atoms with Crippen molar-refractivity contribution in [2.45, 2.75) is 33.6 Å². The molecule has 3 N–H and O–H groups in total. The zero-order chi connectivity index (χ0) is 22.5. The van der Waals surface area contributed by atoms with Crippen LogP contribution in [0.15, 0.2) is 47.6 Å². The average Bonchev–Trinajstić information content (AvgIpc) is 3.17. The molecule has 1 aliphatic heterocycles. The molecule has 0 aromatic heterocycles. The van der Waals surface area contributed by atoms with Gasteiger partial charge >= 0.3 is 0 Å². The maximum atomic E-state index is 5.86. The van der Waals surface area contributed by atoms with Crippen molar-refractivity contribution in [1.29, 1.82) is 5.41 Å². The molecule has 6 nitrogen and oxygen atoms in total. The Morgan fingerprint density at radius 3 is 2.20 bits per heavy atom. The van der Waals surface area contributed by atoms with Crippen LogP contribution in [0.5, 0.6) is 11.5 Å². The first-order valence-corrected chi connectivity index (χ1v) is 10.3. The Labute approximate surface area is 181 Å². The average molecular weight is 413 g/mol. The van der Waals surface area contributed by atoms with Crippen molar-refractivity contribution in [3.05, 3.63) is 59.2 Å². The lowest BCUT2D eigenvalue weighted by Crippen LogP contribution is -2.23. The van der Waals surface area contributed by atoms with Gasteiger partial charge in [0.2, 0.25) is 0 Å². The maximum absolute atomic E-state index is 5.86. The summed E-state index contributed by atoms with van der Waals surface area (Å²) in [6, 6.07) is 14.3. The van der Waals surface area contributed by atoms with Crippen LogP contribution in [0, 0.1) is 18.3 Å². The number of nitrogens with two attached hydrogens (primary N) is 1. The molecule has 1 aliphatic carbocycles. The molecular weight excluding hydrogens is 376 g/mol. The fourth-order valence-corrected chi connectivity index (χ4v) is 3.36. The molecule has 0 spiro atoms. The van der Waals surface area contributed by atoms with Crippen LogP contribution in [0.3, 0.4) is 0 Å². The normalized spacial score (nSPS) is 15.3. The van der Waals surface area contributed by atoms with Crippen LogP contribution in [0.2, 0.25) is 0 Å². The number of hydrogen-bond acceptors (Lipinski definition) is 5. The Hall–Kier alpha value is -3.02. The van der Waals surface area contributed by atoms with E-state index in [9.17, 15) is 0 Å². The Balaban J connectivity index is 0.000000274. The van der Waals surface area contributed by atoms with E-state index in [0.717, 1.165) is 30.8 Å². The van der Waals surface area contributed by atoms with E-state index in [2.05, 4.69) is 34.9 Å². The minimum Gasteiger partial charge on any atom is -0.497 e. The van der Waals surface area contributed by atoms with Crippen molar-refractivity contribution >= 4 is 12.1 Å². The highest BCUT2D eigenvalue weighted by molar-refractivity contribution is 6.05. The molecule has 0 fully saturated rings. The van der Waals surface area contributed by atoms with E-state index in [4.69, 9.17) is 14.9 Å². The van der Waals surface area contributed by atoms with Crippen molar-refractivity contribution in [3.63, 3.8) is 0 Å². The molecular formula is C24H36N4O2. The lowest BCUT2D eigenvalue weighted by atomic mass is 9.82. The first-order chi connectivity index (χ1) is 14.5. The molecule has 2 aromatic rings. The third-order valence-electron chi connectivity index (χ3n) is 4.76. The van der Waals surface area contributed by atoms with E-state index < -0.39 is 0 Å². The number of benzene rings is 2. The summed E-state index contributed by atoms with van der Waals surface area (Å²) in [5.41, 5.74) is 9.60. The molecule has 6 heteroatoms. The summed E-state index contributed by atoms with van der Waals surface area (Å²) in [6.45, 7) is 7.12. The second-order valence-electron chi connectivity index (χ2n) is 6.77. The van der Waals surface area contributed by atoms with Gasteiger partial charge in [0.25, 0.3) is 0 Å². The van der Waals surface area contributed by atoms with Crippen LogP contribution in [0.25, 0.3) is 0 Å². The van der Waals surface area contributed by atoms with E-state index in [0.29, 0.717) is 5.92 Å². The zero-order valence-electron chi connectivity index (χ0n) is 19.1. The van der Waals surface area contributed by atoms with E-state index in [-0.39, 0.29) is 0 Å². The molecule has 1 unspecified atom stereocenters. The lowest BCUT2D eigenvalue weighted by molar-refractivity contribution is 0.354. The summed E-state index contributed by atoms with van der Waals surface area (Å²) in [5, 5.41) is 12.5. The smallest absolute Gasteiger partial charge is 0.119 e. The zero-order valence-corrected chi connectivity index (χ0v) is 19.1. The molecule has 2 aliphatic rings. The van der Waals surface area contributed by atoms with Gasteiger partial charge in [-0.3, -0.25) is 10.4 Å². The third-order valence-corrected chi connectivity index (χ3v) is 4.76. The molecule has 4 rings (SSSR count). The second kappa shape index (κ2) is 13.2. The Morgan fingerprint density at radius 1 is 1.07 bits per heavy atom. The van der Waals surface area contributed by atoms with Gasteiger partial charge in [-0.05, 0) is 49.6 Å². The number of hydrogen-bond donors (Lipinski definition) is 2. The van der Waals surface area contributed by atoms with Crippen LogP contribution in [0.4, 0.5) is 0 Å². The standard InChI is InChI=1S/C13H16N2O.C8H10O.C2H6.CH4N2/c1-15-8-10-4-3-9-5-6-11(16-2)7-12(9)13(10)14-15;1-7-3-5-8(9-2)6-4-7;1-2;2-1-3/h5-7,10H,3-4,8H2,1-2H3;3-6H,1-2H3;1-2H3;1H,(H3,2,3). The monoisotopic (exact) mass is 412 g/mol. The topological polar surface area (TPSA) is 83.9 Å². The van der Waals surface area contributed by atoms with Crippen LogP contribution >= 0.6 is 0 Å². The van der Waals surface area contributed by atoms with Gasteiger partial charge in [0, 0.05) is 25.1 Å². The predicted octanol–water partition coefficient (Wildman–Crippen LogP) is 4.49. The van der Waals surface area contributed by atoms with Crippen molar-refractivity contribution in [2.75, 3.05) is 27.8 Å². The number of aryl methyl sites for hydroxylation is 2. The largest absolute Gasteiger partial charge is 0.497 e. The fraction of sp³-hybridized carbons (Fsp3) is 0.417. The minimum atomic E-state index is 0.615. The number of fused-ring (bicyclic) bond motifs is 3. The van der Waals surface area contributed by atoms with Gasteiger partial charge in [-0.1, -0.05) is 37.6 Å². The quantitative estimate of drug-likeness (QED) is 0.562. The van der Waals surface area contributed by atoms with Gasteiger partial charge in [-0.15, -0.1) is 0 Å². The molecule has 1 heterocycles. The summed E-state index contributed by atoms with van der Waals surface area (Å²) in [5.74, 6) is 2.46. The van der Waals surface area contributed by atoms with E-state index >= 15 is 0 Å². The summed E-state index contributed by atoms with van der Waals surface area (Å²) < 4.78 is 10.3. The molecule has 1 atom stereocenters. The van der Waals surface area contributed by atoms with Crippen LogP contribution in [0.1, 0.15) is 37.0 Å². The molecule has 0 saturated carbocycles. The Bertz CT molecular complexity index is 803. The lowest BCUT2D eigenvalue weighted by Gasteiger charge is -2.21. The van der Waals surface area contributed by atoms with E-state index in [1.54, 1.807) is 14.2 Å². The SMILES string of the molecule is CC.COc1ccc(C)cc1.COc1ccc2c(c1)C1=NN(C)CC1CC2.N=CN. The summed E-state index contributed by atoms with van der Waals surface area (Å²) in [4.78, 5) is 0. The number of hydrazone groups is 1. The van der Waals surface area contributed by atoms with E-state index in [1.165, 1.54) is 28.8 Å². The van der Waals surface area contributed by atoms with Crippen molar-refractivity contribution in [1.82, 2.24) is 5.01 Å². The highest BCUT2D eigenvalue weighted by Gasteiger charge is 2.31. The van der Waals surface area contributed by atoms with Crippen molar-refractivity contribution in [2.24, 2.45) is 16.8 Å². The highest BCUT2D eigenvalue weighted by Crippen LogP contribution is 2.32. The highest BCUT2D eigenvalue weighted by atomic mass is 16.5. The number of ether oxygens (including phenoxy) is 2. The van der Waals surface area contributed by atoms with Gasteiger partial charge in [-0.2, -0.15) is 5.10 Å². The van der Waals surface area contributed by atoms with E-state index in [1.807, 2.05) is 51.2 Å². The summed E-state index contributed by atoms with van der Waals surface area (Å²) in [6.07, 6.45) is 3.14. The van der Waals surface area contributed by atoms with Crippen LogP contribution in [-0.4, -0.2) is 44.9 Å². The molecule has 2 aromatic carbocycles. The maximum Gasteiger partial charge on any atom is 0.119 e. The molecule has 30 heavy (non-hydrogen) atoms. The van der Waals surface area contributed by atoms with Crippen LogP contribution < -0.4 is 15.2 Å². The second-order valence-corrected chi connectivity index (χ2v) is 6.77. The first-order valence-electron chi connectivity index (χ1n) is 10.3. The number of nitrogens with zero attached hydrogens (tertiary/aromatic N) is 2. The summed E-state index contributed by atoms with van der Waals surface area (Å²) in [7, 11) is 5.43. The van der Waals surface area contributed by atoms with Gasteiger partial charge < -0.3 is 15.2 Å². The molecule has 0 amide bonds. The van der Waals surface area contributed by atoms with Gasteiger partial charge in [0.05, 0.1) is 26.3 Å². The third kappa shape index (κ3) is 7.10. The number of nitrogens with one attached hydrogen (secondary N) is 1. The van der Waals surface area contributed by atoms with Crippen molar-refractivity contribution in [3.8, 4) is 11.5 Å². The first kappa shape index (κ1) is 25.0. The molecule has 0 radical (unpaired) electrons. The van der Waals surface area contributed by atoms with Gasteiger partial charge in [0.15, 0.2) is 0 Å². The van der Waals surface area contributed by atoms with Crippen LogP contribution in [-0.2, 0) is 6.42 Å². The predicted molar refractivity (Wildman–Crippen MR) is 126 cm³/mol. The minimum absolute atomic E-state index is 0.615. The van der Waals surface area contributed by atoms with Crippen molar-refractivity contribution < 1.29 is 9.47 Å². The fourth-order valence-electron chi connectivity index (χ4n) is 3.36. The molecule has 0 saturated heterocycles. The molecule has 0 bridgehead atoms. The Morgan fingerprint density at radius 2 is 1.63 bits per heavy atom. The Kier molecular flexibility index (Phi) is 11.0. The number of methoxy groups -OCH3 is 2. The summed E-state index contributed by atoms with van der Waals surface area (Å²) >= 11 is 0. The number of rotatable bonds is 2. The van der Waals surface area contributed by atoms with Gasteiger partial charge in [0.1, 0.15) is 11.5 Å². The molecule has 164 valence electrons.